The Morgan fingerprint density at radius 2 is 2.05 bits per heavy atom. The molecule has 2 rings (SSSR count). The first-order valence-corrected chi connectivity index (χ1v) is 6.51. The molecule has 0 aliphatic rings. The predicted molar refractivity (Wildman–Crippen MR) is 76.0 cm³/mol. The molecule has 1 aromatic carbocycles. The van der Waals surface area contributed by atoms with Crippen LogP contribution in [0.2, 0.25) is 5.02 Å². The van der Waals surface area contributed by atoms with Gasteiger partial charge in [0.15, 0.2) is 0 Å². The molecule has 0 saturated heterocycles. The zero-order valence-electron chi connectivity index (χ0n) is 10.8. The van der Waals surface area contributed by atoms with Crippen LogP contribution in [0.25, 0.3) is 0 Å². The van der Waals surface area contributed by atoms with Crippen molar-refractivity contribution in [2.24, 2.45) is 0 Å². The van der Waals surface area contributed by atoms with E-state index in [9.17, 15) is 10.1 Å². The van der Waals surface area contributed by atoms with E-state index in [0.717, 1.165) is 5.56 Å². The molecule has 0 aliphatic heterocycles. The molecule has 6 heteroatoms. The largest absolute Gasteiger partial charge is 0.477 e. The molecule has 0 amide bonds. The number of aromatic nitrogens is 1. The van der Waals surface area contributed by atoms with Gasteiger partial charge in [-0.3, -0.25) is 0 Å². The minimum atomic E-state index is -0.552. The molecule has 1 atom stereocenters. The van der Waals surface area contributed by atoms with E-state index in [0.29, 0.717) is 11.4 Å². The smallest absolute Gasteiger partial charge is 0.406 e. The van der Waals surface area contributed by atoms with Crippen LogP contribution in [0, 0.1) is 10.1 Å². The van der Waals surface area contributed by atoms with Gasteiger partial charge in [-0.15, -0.1) is 0 Å². The number of benzene rings is 1. The van der Waals surface area contributed by atoms with Crippen molar-refractivity contribution in [3.8, 4) is 5.75 Å². The van der Waals surface area contributed by atoms with Gasteiger partial charge in [0.05, 0.1) is 0 Å². The first-order valence-electron chi connectivity index (χ1n) is 6.13. The summed E-state index contributed by atoms with van der Waals surface area (Å²) in [6.07, 6.45) is 1.76. The second-order valence-electron chi connectivity index (χ2n) is 4.15. The zero-order valence-corrected chi connectivity index (χ0v) is 11.6. The fraction of sp³-hybridized carbons (Fsp3) is 0.214. The maximum absolute atomic E-state index is 10.9. The molecule has 0 fully saturated rings. The lowest BCUT2D eigenvalue weighted by Gasteiger charge is -2.17. The summed E-state index contributed by atoms with van der Waals surface area (Å²) in [5.74, 6) is -0.112. The zero-order chi connectivity index (χ0) is 14.5. The number of halogens is 1. The van der Waals surface area contributed by atoms with Gasteiger partial charge in [0, 0.05) is 5.02 Å². The van der Waals surface area contributed by atoms with Crippen LogP contribution < -0.4 is 4.74 Å². The molecule has 104 valence electrons. The number of hydrogen-bond donors (Lipinski definition) is 0. The molecule has 1 heterocycles. The molecular weight excluding hydrogens is 280 g/mol. The number of nitrogens with zero attached hydrogens (tertiary/aromatic N) is 2. The van der Waals surface area contributed by atoms with Crippen molar-refractivity contribution in [1.29, 1.82) is 0 Å². The van der Waals surface area contributed by atoms with E-state index >= 15 is 0 Å². The molecule has 5 nitrogen and oxygen atoms in total. The van der Waals surface area contributed by atoms with Gasteiger partial charge in [-0.2, -0.15) is 0 Å². The van der Waals surface area contributed by atoms with Crippen LogP contribution in [0.3, 0.4) is 0 Å². The van der Waals surface area contributed by atoms with Crippen LogP contribution >= 0.6 is 11.6 Å². The number of hydrogen-bond acceptors (Lipinski definition) is 4. The van der Waals surface area contributed by atoms with E-state index in [1.54, 1.807) is 24.3 Å². The highest BCUT2D eigenvalue weighted by molar-refractivity contribution is 6.30. The van der Waals surface area contributed by atoms with Crippen LogP contribution in [0.15, 0.2) is 42.6 Å². The van der Waals surface area contributed by atoms with Gasteiger partial charge in [0.25, 0.3) is 0 Å². The van der Waals surface area contributed by atoms with Crippen LogP contribution in [0.5, 0.6) is 5.75 Å². The summed E-state index contributed by atoms with van der Waals surface area (Å²) >= 11 is 5.85. The lowest BCUT2D eigenvalue weighted by molar-refractivity contribution is -0.390. The molecule has 0 radical (unpaired) electrons. The second kappa shape index (κ2) is 6.34. The summed E-state index contributed by atoms with van der Waals surface area (Å²) in [6, 6.07) is 10.4. The molecule has 0 aliphatic carbocycles. The number of pyridine rings is 1. The summed E-state index contributed by atoms with van der Waals surface area (Å²) in [4.78, 5) is 14.1. The molecule has 1 aromatic heterocycles. The Hall–Kier alpha value is -2.14. The van der Waals surface area contributed by atoms with E-state index in [-0.39, 0.29) is 17.7 Å². The van der Waals surface area contributed by atoms with E-state index in [2.05, 4.69) is 4.98 Å². The first kappa shape index (κ1) is 14.3. The monoisotopic (exact) mass is 292 g/mol. The highest BCUT2D eigenvalue weighted by atomic mass is 35.5. The average molecular weight is 293 g/mol. The maximum atomic E-state index is 10.9. The minimum absolute atomic E-state index is 0.166. The molecule has 0 bridgehead atoms. The molecule has 0 N–H and O–H groups in total. The summed E-state index contributed by atoms with van der Waals surface area (Å²) in [6.45, 7) is 1.95. The van der Waals surface area contributed by atoms with Crippen molar-refractivity contribution in [2.45, 2.75) is 19.4 Å². The second-order valence-corrected chi connectivity index (χ2v) is 4.58. The van der Waals surface area contributed by atoms with Gasteiger partial charge in [-0.25, -0.2) is 0 Å². The Morgan fingerprint density at radius 1 is 1.35 bits per heavy atom. The third kappa shape index (κ3) is 3.24. The van der Waals surface area contributed by atoms with E-state index < -0.39 is 4.92 Å². The Bertz CT molecular complexity index is 602. The van der Waals surface area contributed by atoms with E-state index in [1.807, 2.05) is 19.1 Å². The van der Waals surface area contributed by atoms with Crippen LogP contribution in [-0.2, 0) is 0 Å². The number of rotatable bonds is 5. The van der Waals surface area contributed by atoms with Crippen LogP contribution in [-0.4, -0.2) is 9.91 Å². The summed E-state index contributed by atoms with van der Waals surface area (Å²) < 4.78 is 5.73. The van der Waals surface area contributed by atoms with E-state index in [4.69, 9.17) is 16.3 Å². The Kier molecular flexibility index (Phi) is 4.53. The van der Waals surface area contributed by atoms with Crippen molar-refractivity contribution >= 4 is 17.4 Å². The van der Waals surface area contributed by atoms with Crippen molar-refractivity contribution < 1.29 is 9.66 Å². The fourth-order valence-electron chi connectivity index (χ4n) is 1.83. The van der Waals surface area contributed by atoms with Gasteiger partial charge in [-0.05, 0) is 46.2 Å². The summed E-state index contributed by atoms with van der Waals surface area (Å²) in [5.41, 5.74) is 0.912. The Morgan fingerprint density at radius 3 is 2.65 bits per heavy atom. The average Bonchev–Trinajstić information content (AvgIpc) is 2.46. The van der Waals surface area contributed by atoms with Gasteiger partial charge < -0.3 is 14.9 Å². The lowest BCUT2D eigenvalue weighted by Crippen LogP contribution is -2.08. The van der Waals surface area contributed by atoms with Crippen molar-refractivity contribution in [3.63, 3.8) is 0 Å². The lowest BCUT2D eigenvalue weighted by atomic mass is 10.1. The Balaban J connectivity index is 2.27. The van der Waals surface area contributed by atoms with Crippen LogP contribution in [0.1, 0.15) is 25.0 Å². The molecule has 2 aromatic rings. The van der Waals surface area contributed by atoms with Crippen molar-refractivity contribution in [3.05, 3.63) is 63.3 Å². The normalized spacial score (nSPS) is 11.9. The topological polar surface area (TPSA) is 65.3 Å². The quantitative estimate of drug-likeness (QED) is 0.612. The standard InChI is InChI=1S/C14H13ClN2O3/c1-2-12(10-5-7-11(15)8-6-10)20-13-4-3-9-16-14(13)17(18)19/h3-9,12H,2H2,1H3. The summed E-state index contributed by atoms with van der Waals surface area (Å²) in [7, 11) is 0. The van der Waals surface area contributed by atoms with Crippen molar-refractivity contribution in [2.75, 3.05) is 0 Å². The minimum Gasteiger partial charge on any atom is -0.477 e. The number of ether oxygens (including phenoxy) is 1. The molecule has 1 unspecified atom stereocenters. The highest BCUT2D eigenvalue weighted by Crippen LogP contribution is 2.30. The van der Waals surface area contributed by atoms with Crippen molar-refractivity contribution in [1.82, 2.24) is 4.98 Å². The van der Waals surface area contributed by atoms with E-state index in [1.165, 1.54) is 6.20 Å². The third-order valence-electron chi connectivity index (χ3n) is 2.81. The predicted octanol–water partition coefficient (Wildman–Crippen LogP) is 4.17. The molecular formula is C14H13ClN2O3. The summed E-state index contributed by atoms with van der Waals surface area (Å²) in [5, 5.41) is 11.6. The fourth-order valence-corrected chi connectivity index (χ4v) is 1.96. The highest BCUT2D eigenvalue weighted by Gasteiger charge is 2.20. The van der Waals surface area contributed by atoms with Gasteiger partial charge >= 0.3 is 5.82 Å². The first-order chi connectivity index (χ1) is 9.61. The maximum Gasteiger partial charge on any atom is 0.406 e. The van der Waals surface area contributed by atoms with Gasteiger partial charge in [-0.1, -0.05) is 30.7 Å². The van der Waals surface area contributed by atoms with Gasteiger partial charge in [0.1, 0.15) is 12.3 Å². The molecule has 0 saturated carbocycles. The third-order valence-corrected chi connectivity index (χ3v) is 3.06. The Labute approximate surface area is 121 Å². The van der Waals surface area contributed by atoms with Gasteiger partial charge in [0.2, 0.25) is 5.75 Å². The number of nitro groups is 1. The SMILES string of the molecule is CCC(Oc1cccnc1[N+](=O)[O-])c1ccc(Cl)cc1. The molecule has 0 spiro atoms. The molecule has 20 heavy (non-hydrogen) atoms. The van der Waals surface area contributed by atoms with Crippen LogP contribution in [0.4, 0.5) is 5.82 Å².